The molecule has 4 rings (SSSR count). The van der Waals surface area contributed by atoms with Crippen molar-refractivity contribution in [2.24, 2.45) is 5.92 Å². The van der Waals surface area contributed by atoms with E-state index in [1.54, 1.807) is 23.1 Å². The molecule has 0 unspecified atom stereocenters. The number of nitrogens with one attached hydrogen (secondary N) is 2. The lowest BCUT2D eigenvalue weighted by Crippen LogP contribution is -2.39. The standard InChI is InChI=1S/C31H38F3N7O4/c32-31(33,34)29-38-26(40-17-12-22(13-18-40)10-14-36-30(45)37-15-11-28(43)44)19-27(39-29)41-16-2-4-24(41)25(42)5-1-3-21-6-8-23(20-35)9-7-21/h6-9,19,22,24H,1-5,10-18H2,(H,43,44)(H2,36,37,45)/t24-/m0/s1. The number of aliphatic carboxylic acids is 1. The summed E-state index contributed by atoms with van der Waals surface area (Å²) in [5, 5.41) is 22.8. The number of piperidine rings is 1. The Labute approximate surface area is 259 Å². The van der Waals surface area contributed by atoms with Gasteiger partial charge in [0.2, 0.25) is 5.82 Å². The van der Waals surface area contributed by atoms with E-state index in [9.17, 15) is 27.6 Å². The van der Waals surface area contributed by atoms with Gasteiger partial charge in [-0.05, 0) is 68.6 Å². The number of alkyl halides is 3. The number of urea groups is 1. The zero-order chi connectivity index (χ0) is 32.4. The van der Waals surface area contributed by atoms with Crippen LogP contribution in [0.1, 0.15) is 68.3 Å². The molecule has 11 nitrogen and oxygen atoms in total. The minimum absolute atomic E-state index is 0.0279. The number of nitrogens with zero attached hydrogens (tertiary/aromatic N) is 5. The van der Waals surface area contributed by atoms with Crippen LogP contribution in [-0.2, 0) is 22.2 Å². The molecule has 0 aliphatic carbocycles. The zero-order valence-corrected chi connectivity index (χ0v) is 25.0. The van der Waals surface area contributed by atoms with E-state index in [-0.39, 0.29) is 42.7 Å². The number of hydrogen-bond donors (Lipinski definition) is 3. The van der Waals surface area contributed by atoms with Gasteiger partial charge in [-0.25, -0.2) is 14.8 Å². The van der Waals surface area contributed by atoms with Crippen LogP contribution in [0.5, 0.6) is 0 Å². The van der Waals surface area contributed by atoms with Crippen molar-refractivity contribution in [3.8, 4) is 6.07 Å². The molecule has 0 bridgehead atoms. The van der Waals surface area contributed by atoms with Gasteiger partial charge in [0.05, 0.1) is 24.1 Å². The van der Waals surface area contributed by atoms with Crippen LogP contribution in [0.2, 0.25) is 0 Å². The van der Waals surface area contributed by atoms with Gasteiger partial charge in [0.1, 0.15) is 11.6 Å². The van der Waals surface area contributed by atoms with Crippen molar-refractivity contribution in [3.05, 3.63) is 47.3 Å². The molecule has 2 aromatic rings. The molecular weight excluding hydrogens is 591 g/mol. The predicted octanol–water partition coefficient (Wildman–Crippen LogP) is 4.31. The van der Waals surface area contributed by atoms with Crippen LogP contribution in [-0.4, -0.2) is 71.6 Å². The molecule has 0 saturated carbocycles. The normalized spacial score (nSPS) is 17.2. The van der Waals surface area contributed by atoms with Gasteiger partial charge in [0.25, 0.3) is 0 Å². The van der Waals surface area contributed by atoms with Gasteiger partial charge < -0.3 is 25.5 Å². The minimum atomic E-state index is -4.75. The fourth-order valence-electron chi connectivity index (χ4n) is 5.80. The number of carboxylic acid groups (broad SMARTS) is 1. The van der Waals surface area contributed by atoms with Gasteiger partial charge in [0.15, 0.2) is 5.78 Å². The number of carbonyl (C=O) groups excluding carboxylic acids is 2. The van der Waals surface area contributed by atoms with Gasteiger partial charge in [-0.3, -0.25) is 9.59 Å². The summed E-state index contributed by atoms with van der Waals surface area (Å²) in [7, 11) is 0. The number of amides is 2. The molecule has 45 heavy (non-hydrogen) atoms. The van der Waals surface area contributed by atoms with E-state index in [1.165, 1.54) is 0 Å². The van der Waals surface area contributed by atoms with Crippen molar-refractivity contribution in [3.63, 3.8) is 0 Å². The molecular formula is C31H38F3N7O4. The monoisotopic (exact) mass is 629 g/mol. The predicted molar refractivity (Wildman–Crippen MR) is 160 cm³/mol. The molecule has 3 N–H and O–H groups in total. The molecule has 1 atom stereocenters. The third kappa shape index (κ3) is 9.79. The Hall–Kier alpha value is -4.41. The van der Waals surface area contributed by atoms with Gasteiger partial charge in [-0.1, -0.05) is 12.1 Å². The molecule has 14 heteroatoms. The molecule has 0 spiro atoms. The van der Waals surface area contributed by atoms with Crippen LogP contribution in [0.3, 0.4) is 0 Å². The molecule has 0 radical (unpaired) electrons. The SMILES string of the molecule is N#Cc1ccc(CCCC(=O)[C@@H]2CCCN2c2cc(N3CCC(CCNC(=O)NCCC(=O)O)CC3)nc(C(F)(F)F)n2)cc1. The Morgan fingerprint density at radius 3 is 2.33 bits per heavy atom. The first-order valence-electron chi connectivity index (χ1n) is 15.3. The highest BCUT2D eigenvalue weighted by molar-refractivity contribution is 5.87. The molecule has 242 valence electrons. The van der Waals surface area contributed by atoms with Gasteiger partial charge in [0, 0.05) is 45.2 Å². The Kier molecular flexibility index (Phi) is 11.6. The first-order valence-corrected chi connectivity index (χ1v) is 15.3. The van der Waals surface area contributed by atoms with Crippen molar-refractivity contribution in [1.82, 2.24) is 20.6 Å². The summed E-state index contributed by atoms with van der Waals surface area (Å²) >= 11 is 0. The summed E-state index contributed by atoms with van der Waals surface area (Å²) in [4.78, 5) is 46.8. The Bertz CT molecular complexity index is 1370. The first-order chi connectivity index (χ1) is 21.5. The smallest absolute Gasteiger partial charge is 0.451 e. The van der Waals surface area contributed by atoms with Crippen LogP contribution < -0.4 is 20.4 Å². The van der Waals surface area contributed by atoms with Gasteiger partial charge >= 0.3 is 18.2 Å². The number of benzene rings is 1. The summed E-state index contributed by atoms with van der Waals surface area (Å²) in [5.41, 5.74) is 1.58. The largest absolute Gasteiger partial charge is 0.481 e. The van der Waals surface area contributed by atoms with Gasteiger partial charge in [-0.2, -0.15) is 18.4 Å². The molecule has 1 aromatic heterocycles. The van der Waals surface area contributed by atoms with Crippen LogP contribution in [0, 0.1) is 17.2 Å². The third-order valence-corrected chi connectivity index (χ3v) is 8.24. The number of anilines is 2. The highest BCUT2D eigenvalue weighted by atomic mass is 19.4. The van der Waals surface area contributed by atoms with Crippen molar-refractivity contribution >= 4 is 29.4 Å². The lowest BCUT2D eigenvalue weighted by molar-refractivity contribution is -0.144. The highest BCUT2D eigenvalue weighted by Gasteiger charge is 2.38. The molecule has 3 heterocycles. The molecule has 2 fully saturated rings. The van der Waals surface area contributed by atoms with E-state index in [2.05, 4.69) is 26.7 Å². The van der Waals surface area contributed by atoms with Crippen LogP contribution in [0.15, 0.2) is 30.3 Å². The number of aryl methyl sites for hydroxylation is 1. The van der Waals surface area contributed by atoms with Crippen LogP contribution >= 0.6 is 0 Å². The lowest BCUT2D eigenvalue weighted by Gasteiger charge is -2.34. The number of aromatic nitrogens is 2. The van der Waals surface area contributed by atoms with E-state index in [0.29, 0.717) is 76.7 Å². The lowest BCUT2D eigenvalue weighted by atomic mass is 9.93. The first kappa shape index (κ1) is 33.5. The van der Waals surface area contributed by atoms with Crippen LogP contribution in [0.4, 0.5) is 29.6 Å². The average Bonchev–Trinajstić information content (AvgIpc) is 3.51. The summed E-state index contributed by atoms with van der Waals surface area (Å²) in [6.07, 6.45) is -0.0625. The summed E-state index contributed by atoms with van der Waals surface area (Å²) in [6.45, 7) is 1.84. The maximum Gasteiger partial charge on any atom is 0.451 e. The van der Waals surface area contributed by atoms with Crippen molar-refractivity contribution in [2.75, 3.05) is 42.5 Å². The fraction of sp³-hybridized carbons (Fsp3) is 0.548. The van der Waals surface area contributed by atoms with E-state index < -0.39 is 30.0 Å². The molecule has 2 aliphatic rings. The van der Waals surface area contributed by atoms with Crippen molar-refractivity contribution < 1.29 is 32.7 Å². The molecule has 1 aromatic carbocycles. The number of hydrogen-bond acceptors (Lipinski definition) is 8. The maximum absolute atomic E-state index is 13.9. The van der Waals surface area contributed by atoms with Crippen molar-refractivity contribution in [1.29, 1.82) is 5.26 Å². The third-order valence-electron chi connectivity index (χ3n) is 8.24. The second-order valence-electron chi connectivity index (χ2n) is 11.4. The average molecular weight is 630 g/mol. The molecule has 2 aliphatic heterocycles. The van der Waals surface area contributed by atoms with E-state index in [1.807, 2.05) is 17.0 Å². The molecule has 2 saturated heterocycles. The van der Waals surface area contributed by atoms with E-state index in [0.717, 1.165) is 5.56 Å². The number of rotatable bonds is 13. The Morgan fingerprint density at radius 2 is 1.67 bits per heavy atom. The maximum atomic E-state index is 13.9. The highest BCUT2D eigenvalue weighted by Crippen LogP contribution is 2.34. The fourth-order valence-corrected chi connectivity index (χ4v) is 5.80. The second-order valence-corrected chi connectivity index (χ2v) is 11.4. The number of carboxylic acids is 1. The Balaban J connectivity index is 1.34. The summed E-state index contributed by atoms with van der Waals surface area (Å²) in [5.74, 6) is -1.71. The summed E-state index contributed by atoms with van der Waals surface area (Å²) in [6, 6.07) is 9.83. The van der Waals surface area contributed by atoms with Gasteiger partial charge in [-0.15, -0.1) is 0 Å². The molecule has 2 amide bonds. The van der Waals surface area contributed by atoms with E-state index >= 15 is 0 Å². The number of ketones is 1. The Morgan fingerprint density at radius 1 is 0.978 bits per heavy atom. The topological polar surface area (TPSA) is 152 Å². The number of nitriles is 1. The number of halogens is 3. The summed E-state index contributed by atoms with van der Waals surface area (Å²) < 4.78 is 41.7. The minimum Gasteiger partial charge on any atom is -0.481 e. The number of Topliss-reactive ketones (excluding diaryl/α,β-unsaturated/α-hetero) is 1. The zero-order valence-electron chi connectivity index (χ0n) is 25.0. The second kappa shape index (κ2) is 15.5. The van der Waals surface area contributed by atoms with Crippen LogP contribution in [0.25, 0.3) is 0 Å². The van der Waals surface area contributed by atoms with Crippen molar-refractivity contribution in [2.45, 2.75) is 70.0 Å². The number of carbonyl (C=O) groups is 3. The quantitative estimate of drug-likeness (QED) is 0.294. The van der Waals surface area contributed by atoms with E-state index in [4.69, 9.17) is 10.4 Å².